The van der Waals surface area contributed by atoms with Gasteiger partial charge in [-0.05, 0) is 53.0 Å². The molecule has 1 saturated heterocycles. The highest BCUT2D eigenvalue weighted by molar-refractivity contribution is 4.71. The van der Waals surface area contributed by atoms with Crippen LogP contribution >= 0.6 is 0 Å². The van der Waals surface area contributed by atoms with Gasteiger partial charge in [0.1, 0.15) is 0 Å². The molecule has 90 valence electrons. The Kier molecular flexibility index (Phi) is 5.03. The molecule has 0 saturated carbocycles. The van der Waals surface area contributed by atoms with Gasteiger partial charge in [-0.15, -0.1) is 0 Å². The van der Waals surface area contributed by atoms with Crippen LogP contribution in [0, 0.1) is 0 Å². The highest BCUT2D eigenvalue weighted by Crippen LogP contribution is 2.13. The van der Waals surface area contributed by atoms with Crippen molar-refractivity contribution in [3.63, 3.8) is 0 Å². The monoisotopic (exact) mass is 214 g/mol. The molecule has 0 amide bonds. The van der Waals surface area contributed by atoms with E-state index in [0.717, 1.165) is 32.5 Å². The van der Waals surface area contributed by atoms with Crippen LogP contribution in [-0.2, 0) is 4.74 Å². The highest BCUT2D eigenvalue weighted by Gasteiger charge is 2.18. The maximum atomic E-state index is 6.03. The Morgan fingerprint density at radius 1 is 1.33 bits per heavy atom. The number of piperidine rings is 1. The number of hydrogen-bond acceptors (Lipinski definition) is 3. The number of ether oxygens (including phenoxy) is 1. The zero-order valence-corrected chi connectivity index (χ0v) is 10.5. The summed E-state index contributed by atoms with van der Waals surface area (Å²) in [4.78, 5) is 2.38. The van der Waals surface area contributed by atoms with E-state index in [0.29, 0.717) is 0 Å². The van der Waals surface area contributed by atoms with E-state index >= 15 is 0 Å². The van der Waals surface area contributed by atoms with Crippen LogP contribution in [0.15, 0.2) is 0 Å². The molecule has 0 unspecified atom stereocenters. The van der Waals surface area contributed by atoms with Crippen molar-refractivity contribution < 1.29 is 4.74 Å². The van der Waals surface area contributed by atoms with Gasteiger partial charge in [0.15, 0.2) is 0 Å². The molecule has 1 aliphatic rings. The molecule has 1 atom stereocenters. The Hall–Kier alpha value is -0.120. The Bertz CT molecular complexity index is 177. The van der Waals surface area contributed by atoms with Gasteiger partial charge in [-0.2, -0.15) is 0 Å². The molecular formula is C12H26N2O. The summed E-state index contributed by atoms with van der Waals surface area (Å²) in [5, 5.41) is 0. The van der Waals surface area contributed by atoms with Gasteiger partial charge in [-0.25, -0.2) is 0 Å². The summed E-state index contributed by atoms with van der Waals surface area (Å²) in [5.74, 6) is 0. The van der Waals surface area contributed by atoms with Crippen molar-refractivity contribution in [1.29, 1.82) is 0 Å². The fourth-order valence-corrected chi connectivity index (χ4v) is 1.94. The van der Waals surface area contributed by atoms with Crippen molar-refractivity contribution in [2.75, 3.05) is 19.7 Å². The normalized spacial score (nSPS) is 24.4. The fourth-order valence-electron chi connectivity index (χ4n) is 1.94. The van der Waals surface area contributed by atoms with E-state index < -0.39 is 0 Å². The van der Waals surface area contributed by atoms with E-state index in [-0.39, 0.29) is 11.8 Å². The average molecular weight is 214 g/mol. The maximum Gasteiger partial charge on any atom is 0.0598 e. The maximum absolute atomic E-state index is 6.03. The van der Waals surface area contributed by atoms with Gasteiger partial charge in [0.05, 0.1) is 11.8 Å². The van der Waals surface area contributed by atoms with Gasteiger partial charge in [-0.1, -0.05) is 0 Å². The lowest BCUT2D eigenvalue weighted by Crippen LogP contribution is -2.46. The van der Waals surface area contributed by atoms with Crippen LogP contribution in [0.4, 0.5) is 0 Å². The molecule has 0 aromatic rings. The smallest absolute Gasteiger partial charge is 0.0598 e. The molecule has 0 spiro atoms. The molecule has 0 aromatic carbocycles. The molecule has 3 nitrogen and oxygen atoms in total. The Balaban J connectivity index is 2.08. The minimum atomic E-state index is -0.00991. The summed E-state index contributed by atoms with van der Waals surface area (Å²) in [6.45, 7) is 9.37. The Morgan fingerprint density at radius 2 is 2.07 bits per heavy atom. The number of likely N-dealkylation sites (tertiary alicyclic amines) is 1. The van der Waals surface area contributed by atoms with Crippen LogP contribution in [0.25, 0.3) is 0 Å². The molecule has 0 aromatic heterocycles. The number of nitrogens with zero attached hydrogens (tertiary/aromatic N) is 1. The summed E-state index contributed by atoms with van der Waals surface area (Å²) in [6, 6.07) is 0. The van der Waals surface area contributed by atoms with Crippen LogP contribution in [0.1, 0.15) is 46.5 Å². The van der Waals surface area contributed by atoms with E-state index in [1.165, 1.54) is 12.8 Å². The van der Waals surface area contributed by atoms with Crippen molar-refractivity contribution in [2.24, 2.45) is 5.73 Å². The molecular weight excluding hydrogens is 188 g/mol. The van der Waals surface area contributed by atoms with E-state index in [1.807, 2.05) is 0 Å². The first-order valence-electron chi connectivity index (χ1n) is 6.13. The second-order valence-corrected chi connectivity index (χ2v) is 5.41. The average Bonchev–Trinajstić information content (AvgIpc) is 2.13. The van der Waals surface area contributed by atoms with Crippen molar-refractivity contribution in [3.05, 3.63) is 0 Å². The van der Waals surface area contributed by atoms with Crippen LogP contribution in [0.3, 0.4) is 0 Å². The summed E-state index contributed by atoms with van der Waals surface area (Å²) in [5.41, 5.74) is 6.02. The lowest BCUT2D eigenvalue weighted by molar-refractivity contribution is -0.00915. The fraction of sp³-hybridized carbons (Fsp3) is 1.00. The first-order valence-corrected chi connectivity index (χ1v) is 6.13. The molecule has 3 heteroatoms. The zero-order valence-electron chi connectivity index (χ0n) is 10.5. The predicted octanol–water partition coefficient (Wildman–Crippen LogP) is 1.96. The van der Waals surface area contributed by atoms with Crippen molar-refractivity contribution in [3.8, 4) is 0 Å². The van der Waals surface area contributed by atoms with E-state index in [2.05, 4.69) is 25.7 Å². The number of rotatable bonds is 4. The number of hydrogen-bond donors (Lipinski definition) is 1. The van der Waals surface area contributed by atoms with Crippen LogP contribution < -0.4 is 5.73 Å². The summed E-state index contributed by atoms with van der Waals surface area (Å²) < 4.78 is 5.69. The molecule has 1 fully saturated rings. The van der Waals surface area contributed by atoms with Crippen molar-refractivity contribution in [2.45, 2.75) is 58.2 Å². The summed E-state index contributed by atoms with van der Waals surface area (Å²) in [6.07, 6.45) is 5.11. The first-order chi connectivity index (χ1) is 6.99. The summed E-state index contributed by atoms with van der Waals surface area (Å²) >= 11 is 0. The molecule has 0 bridgehead atoms. The SMILES string of the molecule is CC(C)(C)OCCCN1CCCC[C@H]1N. The Morgan fingerprint density at radius 3 is 2.67 bits per heavy atom. The highest BCUT2D eigenvalue weighted by atomic mass is 16.5. The molecule has 1 aliphatic heterocycles. The first kappa shape index (κ1) is 12.9. The third-order valence-corrected chi connectivity index (χ3v) is 2.79. The molecule has 1 heterocycles. The van der Waals surface area contributed by atoms with Gasteiger partial charge < -0.3 is 10.5 Å². The zero-order chi connectivity index (χ0) is 11.3. The molecule has 1 rings (SSSR count). The number of nitrogens with two attached hydrogens (primary N) is 1. The van der Waals surface area contributed by atoms with Crippen LogP contribution in [0.5, 0.6) is 0 Å². The van der Waals surface area contributed by atoms with Gasteiger partial charge in [0.2, 0.25) is 0 Å². The standard InChI is InChI=1S/C12H26N2O/c1-12(2,3)15-10-6-9-14-8-5-4-7-11(14)13/h11H,4-10,13H2,1-3H3/t11-/m0/s1. The Labute approximate surface area is 94.0 Å². The molecule has 2 N–H and O–H groups in total. The van der Waals surface area contributed by atoms with Crippen molar-refractivity contribution in [1.82, 2.24) is 4.90 Å². The van der Waals surface area contributed by atoms with Crippen molar-refractivity contribution >= 4 is 0 Å². The van der Waals surface area contributed by atoms with E-state index in [4.69, 9.17) is 10.5 Å². The van der Waals surface area contributed by atoms with Crippen LogP contribution in [0.2, 0.25) is 0 Å². The van der Waals surface area contributed by atoms with Gasteiger partial charge in [-0.3, -0.25) is 4.90 Å². The lowest BCUT2D eigenvalue weighted by atomic mass is 10.1. The second-order valence-electron chi connectivity index (χ2n) is 5.41. The second kappa shape index (κ2) is 5.83. The molecule has 0 radical (unpaired) electrons. The van der Waals surface area contributed by atoms with E-state index in [1.54, 1.807) is 0 Å². The third-order valence-electron chi connectivity index (χ3n) is 2.79. The third kappa shape index (κ3) is 5.50. The molecule has 0 aliphatic carbocycles. The minimum absolute atomic E-state index is 0.00991. The van der Waals surface area contributed by atoms with Gasteiger partial charge in [0, 0.05) is 13.2 Å². The summed E-state index contributed by atoms with van der Waals surface area (Å²) in [7, 11) is 0. The molecule has 15 heavy (non-hydrogen) atoms. The van der Waals surface area contributed by atoms with Gasteiger partial charge >= 0.3 is 0 Å². The van der Waals surface area contributed by atoms with E-state index in [9.17, 15) is 0 Å². The minimum Gasteiger partial charge on any atom is -0.376 e. The van der Waals surface area contributed by atoms with Crippen LogP contribution in [-0.4, -0.2) is 36.4 Å². The quantitative estimate of drug-likeness (QED) is 0.727. The largest absolute Gasteiger partial charge is 0.376 e. The van der Waals surface area contributed by atoms with Gasteiger partial charge in [0.25, 0.3) is 0 Å². The lowest BCUT2D eigenvalue weighted by Gasteiger charge is -2.33. The topological polar surface area (TPSA) is 38.5 Å². The predicted molar refractivity (Wildman–Crippen MR) is 63.7 cm³/mol.